The Labute approximate surface area is 193 Å². The van der Waals surface area contributed by atoms with Crippen LogP contribution in [-0.4, -0.2) is 16.0 Å². The number of hydrogen-bond donors (Lipinski definition) is 2. The molecule has 2 N–H and O–H groups in total. The maximum absolute atomic E-state index is 12.4. The highest BCUT2D eigenvalue weighted by Crippen LogP contribution is 2.26. The van der Waals surface area contributed by atoms with Gasteiger partial charge in [-0.25, -0.2) is 4.98 Å². The number of halogens is 1. The van der Waals surface area contributed by atoms with Crippen LogP contribution in [0.25, 0.3) is 22.6 Å². The fourth-order valence-corrected chi connectivity index (χ4v) is 3.52. The van der Waals surface area contributed by atoms with Crippen molar-refractivity contribution in [3.63, 3.8) is 0 Å². The second-order valence-electron chi connectivity index (χ2n) is 6.67. The average molecular weight is 527 g/mol. The minimum atomic E-state index is -0.251. The molecule has 150 valence electrons. The fourth-order valence-electron chi connectivity index (χ4n) is 2.95. The Kier molecular flexibility index (Phi) is 6.10. The van der Waals surface area contributed by atoms with Crippen LogP contribution in [0.3, 0.4) is 0 Å². The normalized spacial score (nSPS) is 10.7. The molecule has 0 aliphatic heterocycles. The lowest BCUT2D eigenvalue weighted by molar-refractivity contribution is 0.0977. The molecule has 0 spiro atoms. The Balaban J connectivity index is 1.45. The summed E-state index contributed by atoms with van der Waals surface area (Å²) >= 11 is 7.55. The van der Waals surface area contributed by atoms with E-state index in [1.165, 1.54) is 5.56 Å². The molecule has 1 heterocycles. The molecule has 0 aliphatic carbocycles. The highest BCUT2D eigenvalue weighted by molar-refractivity contribution is 14.1. The number of benzene rings is 3. The highest BCUT2D eigenvalue weighted by Gasteiger charge is 2.11. The highest BCUT2D eigenvalue weighted by atomic mass is 127. The Morgan fingerprint density at radius 2 is 1.80 bits per heavy atom. The van der Waals surface area contributed by atoms with Gasteiger partial charge in [0.2, 0.25) is 5.89 Å². The summed E-state index contributed by atoms with van der Waals surface area (Å²) in [6.07, 6.45) is 0.928. The molecular weight excluding hydrogens is 509 g/mol. The van der Waals surface area contributed by atoms with E-state index >= 15 is 0 Å². The largest absolute Gasteiger partial charge is 0.436 e. The predicted molar refractivity (Wildman–Crippen MR) is 132 cm³/mol. The molecule has 5 nitrogen and oxygen atoms in total. The molecule has 0 saturated heterocycles. The van der Waals surface area contributed by atoms with Gasteiger partial charge in [-0.05, 0) is 101 Å². The van der Waals surface area contributed by atoms with Gasteiger partial charge in [-0.2, -0.15) is 0 Å². The van der Waals surface area contributed by atoms with E-state index < -0.39 is 0 Å². The van der Waals surface area contributed by atoms with E-state index in [4.69, 9.17) is 16.6 Å². The molecule has 0 atom stereocenters. The molecule has 0 saturated carbocycles. The first-order valence-corrected chi connectivity index (χ1v) is 10.9. The van der Waals surface area contributed by atoms with Crippen LogP contribution in [0.15, 0.2) is 71.1 Å². The van der Waals surface area contributed by atoms with Crippen molar-refractivity contribution in [2.75, 3.05) is 5.32 Å². The van der Waals surface area contributed by atoms with Gasteiger partial charge in [0, 0.05) is 20.4 Å². The molecule has 4 aromatic rings. The zero-order valence-electron chi connectivity index (χ0n) is 16.1. The maximum atomic E-state index is 12.4. The van der Waals surface area contributed by atoms with Gasteiger partial charge in [0.15, 0.2) is 10.7 Å². The van der Waals surface area contributed by atoms with Crippen molar-refractivity contribution in [1.82, 2.24) is 10.3 Å². The van der Waals surface area contributed by atoms with E-state index in [1.807, 2.05) is 54.6 Å². The van der Waals surface area contributed by atoms with Crippen LogP contribution in [0.2, 0.25) is 0 Å². The Hall–Kier alpha value is -2.78. The first-order chi connectivity index (χ1) is 14.5. The third-order valence-electron chi connectivity index (χ3n) is 4.59. The molecule has 30 heavy (non-hydrogen) atoms. The zero-order valence-corrected chi connectivity index (χ0v) is 19.1. The number of nitrogens with zero attached hydrogens (tertiary/aromatic N) is 1. The topological polar surface area (TPSA) is 67.2 Å². The molecular formula is C23H18IN3O2S. The van der Waals surface area contributed by atoms with Crippen LogP contribution in [0.4, 0.5) is 5.69 Å². The monoisotopic (exact) mass is 527 g/mol. The van der Waals surface area contributed by atoms with Crippen LogP contribution >= 0.6 is 34.8 Å². The summed E-state index contributed by atoms with van der Waals surface area (Å²) in [6.45, 7) is 2.07. The Bertz CT molecular complexity index is 1220. The van der Waals surface area contributed by atoms with E-state index in [2.05, 4.69) is 45.1 Å². The number of rotatable bonds is 4. The molecule has 4 rings (SSSR count). The number of amides is 1. The van der Waals surface area contributed by atoms with Gasteiger partial charge in [0.05, 0.1) is 0 Å². The van der Waals surface area contributed by atoms with Gasteiger partial charge < -0.3 is 9.73 Å². The minimum absolute atomic E-state index is 0.222. The number of thiocarbonyl (C=S) groups is 1. The number of oxazole rings is 1. The van der Waals surface area contributed by atoms with Crippen molar-refractivity contribution >= 4 is 62.6 Å². The summed E-state index contributed by atoms with van der Waals surface area (Å²) in [5, 5.41) is 5.96. The number of fused-ring (bicyclic) bond motifs is 1. The SMILES string of the molecule is CCc1ccc(C(=O)NC(=S)Nc2ccc3oc(-c4ccc(I)cc4)nc3c2)cc1. The summed E-state index contributed by atoms with van der Waals surface area (Å²) in [4.78, 5) is 16.9. The van der Waals surface area contributed by atoms with Crippen molar-refractivity contribution in [3.05, 3.63) is 81.4 Å². The average Bonchev–Trinajstić information content (AvgIpc) is 3.17. The first-order valence-electron chi connectivity index (χ1n) is 9.39. The van der Waals surface area contributed by atoms with Crippen molar-refractivity contribution in [1.29, 1.82) is 0 Å². The van der Waals surface area contributed by atoms with Gasteiger partial charge in [0.25, 0.3) is 5.91 Å². The zero-order chi connectivity index (χ0) is 21.1. The summed E-state index contributed by atoms with van der Waals surface area (Å²) in [7, 11) is 0. The number of anilines is 1. The predicted octanol–water partition coefficient (Wildman–Crippen LogP) is 5.79. The second kappa shape index (κ2) is 8.93. The first kappa shape index (κ1) is 20.5. The number of aryl methyl sites for hydroxylation is 1. The molecule has 7 heteroatoms. The number of aromatic nitrogens is 1. The van der Waals surface area contributed by atoms with Gasteiger partial charge in [-0.1, -0.05) is 19.1 Å². The number of nitrogens with one attached hydrogen (secondary N) is 2. The molecule has 0 aliphatic rings. The molecule has 0 bridgehead atoms. The third kappa shape index (κ3) is 4.68. The van der Waals surface area contributed by atoms with Crippen LogP contribution in [-0.2, 0) is 6.42 Å². The van der Waals surface area contributed by atoms with Crippen LogP contribution in [0.1, 0.15) is 22.8 Å². The van der Waals surface area contributed by atoms with Crippen LogP contribution in [0, 0.1) is 3.57 Å². The van der Waals surface area contributed by atoms with Gasteiger partial charge in [0.1, 0.15) is 5.52 Å². The van der Waals surface area contributed by atoms with Crippen molar-refractivity contribution in [2.24, 2.45) is 0 Å². The lowest BCUT2D eigenvalue weighted by atomic mass is 10.1. The van der Waals surface area contributed by atoms with Gasteiger partial charge >= 0.3 is 0 Å². The standard InChI is InChI=1S/C23H18IN3O2S/c1-2-14-3-5-15(6-4-14)21(28)27-23(30)25-18-11-12-20-19(13-18)26-22(29-20)16-7-9-17(24)10-8-16/h3-13H,2H2,1H3,(H2,25,27,28,30). The van der Waals surface area contributed by atoms with E-state index in [0.29, 0.717) is 22.6 Å². The quantitative estimate of drug-likeness (QED) is 0.260. The van der Waals surface area contributed by atoms with E-state index in [1.54, 1.807) is 12.1 Å². The fraction of sp³-hybridized carbons (Fsp3) is 0.0870. The summed E-state index contributed by atoms with van der Waals surface area (Å²) in [5.41, 5.74) is 4.76. The van der Waals surface area contributed by atoms with Crippen LogP contribution in [0.5, 0.6) is 0 Å². The number of carbonyl (C=O) groups excluding carboxylic acids is 1. The minimum Gasteiger partial charge on any atom is -0.436 e. The third-order valence-corrected chi connectivity index (χ3v) is 5.51. The second-order valence-corrected chi connectivity index (χ2v) is 8.32. The molecule has 1 aromatic heterocycles. The summed E-state index contributed by atoms with van der Waals surface area (Å²) in [6, 6.07) is 20.9. The summed E-state index contributed by atoms with van der Waals surface area (Å²) < 4.78 is 7.00. The van der Waals surface area contributed by atoms with Crippen LogP contribution < -0.4 is 10.6 Å². The van der Waals surface area contributed by atoms with E-state index in [9.17, 15) is 4.79 Å². The lowest BCUT2D eigenvalue weighted by Crippen LogP contribution is -2.34. The van der Waals surface area contributed by atoms with Gasteiger partial charge in [-0.15, -0.1) is 0 Å². The molecule has 0 fully saturated rings. The molecule has 0 unspecified atom stereocenters. The number of hydrogen-bond acceptors (Lipinski definition) is 4. The Morgan fingerprint density at radius 1 is 1.07 bits per heavy atom. The van der Waals surface area contributed by atoms with E-state index in [-0.39, 0.29) is 11.0 Å². The molecule has 1 amide bonds. The van der Waals surface area contributed by atoms with Crippen molar-refractivity contribution in [2.45, 2.75) is 13.3 Å². The lowest BCUT2D eigenvalue weighted by Gasteiger charge is -2.09. The smallest absolute Gasteiger partial charge is 0.257 e. The van der Waals surface area contributed by atoms with Crippen molar-refractivity contribution < 1.29 is 9.21 Å². The van der Waals surface area contributed by atoms with E-state index in [0.717, 1.165) is 21.2 Å². The Morgan fingerprint density at radius 3 is 2.50 bits per heavy atom. The van der Waals surface area contributed by atoms with Crippen molar-refractivity contribution in [3.8, 4) is 11.5 Å². The van der Waals surface area contributed by atoms with Gasteiger partial charge in [-0.3, -0.25) is 10.1 Å². The molecule has 0 radical (unpaired) electrons. The molecule has 3 aromatic carbocycles. The summed E-state index contributed by atoms with van der Waals surface area (Å²) in [5.74, 6) is 0.309. The maximum Gasteiger partial charge on any atom is 0.257 e. The number of carbonyl (C=O) groups is 1.